The van der Waals surface area contributed by atoms with Crippen LogP contribution in [0.5, 0.6) is 6.01 Å². The molecule has 0 amide bonds. The maximum Gasteiger partial charge on any atom is 0.416 e. The number of hydrogen-bond donors (Lipinski definition) is 0. The van der Waals surface area contributed by atoms with E-state index in [1.165, 1.54) is 30.6 Å². The van der Waals surface area contributed by atoms with Crippen LogP contribution in [0.25, 0.3) is 0 Å². The number of hydrogen-bond acceptors (Lipinski definition) is 4. The van der Waals surface area contributed by atoms with Crippen LogP contribution in [-0.2, 0) is 12.8 Å². The van der Waals surface area contributed by atoms with Crippen molar-refractivity contribution in [3.8, 4) is 6.01 Å². The van der Waals surface area contributed by atoms with E-state index in [0.717, 1.165) is 18.2 Å². The maximum absolute atomic E-state index is 12.8. The maximum atomic E-state index is 12.8. The Bertz CT molecular complexity index is 939. The van der Waals surface area contributed by atoms with Crippen molar-refractivity contribution in [1.82, 2.24) is 9.97 Å². The number of carbonyl (C=O) groups excluding carboxylic acids is 1. The highest BCUT2D eigenvalue weighted by atomic mass is 19.4. The molecule has 3 aromatic rings. The minimum absolute atomic E-state index is 0.0140. The van der Waals surface area contributed by atoms with Crippen molar-refractivity contribution in [3.05, 3.63) is 89.0 Å². The van der Waals surface area contributed by atoms with Gasteiger partial charge in [-0.2, -0.15) is 13.2 Å². The van der Waals surface area contributed by atoms with Crippen LogP contribution >= 0.6 is 0 Å². The minimum Gasteiger partial charge on any atom is -0.459 e. The average molecular weight is 376 g/mol. The molecule has 0 saturated carbocycles. The van der Waals surface area contributed by atoms with E-state index in [2.05, 4.69) is 9.97 Å². The number of ketones is 1. The van der Waals surface area contributed by atoms with Gasteiger partial charge in [-0.05, 0) is 29.8 Å². The molecule has 138 valence electrons. The van der Waals surface area contributed by atoms with Crippen molar-refractivity contribution in [2.24, 2.45) is 0 Å². The topological polar surface area (TPSA) is 52.1 Å². The van der Waals surface area contributed by atoms with Crippen molar-refractivity contribution in [3.63, 3.8) is 0 Å². The standard InChI is InChI=1S/C19H12F4N2O2/c20-16-6-4-12(5-7-16)11-27-18-24-9-14(10-25-18)17(26)13-2-1-3-15(8-13)19(21,22)23/h1-10H,11H2. The first-order chi connectivity index (χ1) is 12.8. The molecule has 0 saturated heterocycles. The molecule has 0 aliphatic carbocycles. The first kappa shape index (κ1) is 18.5. The lowest BCUT2D eigenvalue weighted by Gasteiger charge is -2.08. The fourth-order valence-corrected chi connectivity index (χ4v) is 2.24. The first-order valence-corrected chi connectivity index (χ1v) is 7.74. The Morgan fingerprint density at radius 3 is 2.26 bits per heavy atom. The molecule has 27 heavy (non-hydrogen) atoms. The van der Waals surface area contributed by atoms with Crippen LogP contribution < -0.4 is 4.74 Å². The highest BCUT2D eigenvalue weighted by molar-refractivity contribution is 6.08. The summed E-state index contributed by atoms with van der Waals surface area (Å²) < 4.78 is 56.5. The molecule has 0 aliphatic heterocycles. The molecular weight excluding hydrogens is 364 g/mol. The summed E-state index contributed by atoms with van der Waals surface area (Å²) in [4.78, 5) is 20.1. The molecular formula is C19H12F4N2O2. The molecule has 2 aromatic carbocycles. The molecule has 0 aliphatic rings. The van der Waals surface area contributed by atoms with Gasteiger partial charge in [0, 0.05) is 18.0 Å². The summed E-state index contributed by atoms with van der Waals surface area (Å²) in [6.07, 6.45) is -2.18. The zero-order valence-electron chi connectivity index (χ0n) is 13.7. The van der Waals surface area contributed by atoms with Gasteiger partial charge in [0.05, 0.1) is 11.1 Å². The Kier molecular flexibility index (Phi) is 5.16. The van der Waals surface area contributed by atoms with E-state index in [9.17, 15) is 22.4 Å². The van der Waals surface area contributed by atoms with Gasteiger partial charge in [-0.3, -0.25) is 4.79 Å². The molecule has 1 aromatic heterocycles. The van der Waals surface area contributed by atoms with Crippen LogP contribution in [0.1, 0.15) is 27.0 Å². The van der Waals surface area contributed by atoms with Crippen LogP contribution in [0.4, 0.5) is 17.6 Å². The van der Waals surface area contributed by atoms with Gasteiger partial charge in [-0.25, -0.2) is 14.4 Å². The van der Waals surface area contributed by atoms with Gasteiger partial charge in [-0.15, -0.1) is 0 Å². The first-order valence-electron chi connectivity index (χ1n) is 7.74. The van der Waals surface area contributed by atoms with Crippen LogP contribution in [0.3, 0.4) is 0 Å². The van der Waals surface area contributed by atoms with Crippen molar-refractivity contribution < 1.29 is 27.1 Å². The normalized spacial score (nSPS) is 11.3. The molecule has 0 N–H and O–H groups in total. The predicted octanol–water partition coefficient (Wildman–Crippen LogP) is 4.44. The summed E-state index contributed by atoms with van der Waals surface area (Å²) in [6, 6.07) is 9.77. The van der Waals surface area contributed by atoms with E-state index in [1.807, 2.05) is 0 Å². The lowest BCUT2D eigenvalue weighted by atomic mass is 10.0. The van der Waals surface area contributed by atoms with E-state index in [-0.39, 0.29) is 29.6 Å². The number of carbonyl (C=O) groups is 1. The minimum atomic E-state index is -4.54. The third-order valence-corrected chi connectivity index (χ3v) is 3.62. The fourth-order valence-electron chi connectivity index (χ4n) is 2.24. The lowest BCUT2D eigenvalue weighted by molar-refractivity contribution is -0.137. The quantitative estimate of drug-likeness (QED) is 0.488. The van der Waals surface area contributed by atoms with Crippen molar-refractivity contribution in [1.29, 1.82) is 0 Å². The number of ether oxygens (including phenoxy) is 1. The smallest absolute Gasteiger partial charge is 0.416 e. The van der Waals surface area contributed by atoms with Crippen molar-refractivity contribution in [2.45, 2.75) is 12.8 Å². The van der Waals surface area contributed by atoms with Gasteiger partial charge in [0.15, 0.2) is 5.78 Å². The number of aromatic nitrogens is 2. The fraction of sp³-hybridized carbons (Fsp3) is 0.105. The molecule has 8 heteroatoms. The van der Waals surface area contributed by atoms with Crippen molar-refractivity contribution in [2.75, 3.05) is 0 Å². The van der Waals surface area contributed by atoms with Gasteiger partial charge in [0.25, 0.3) is 0 Å². The summed E-state index contributed by atoms with van der Waals surface area (Å²) in [5.74, 6) is -1.00. The van der Waals surface area contributed by atoms with E-state index in [1.54, 1.807) is 12.1 Å². The highest BCUT2D eigenvalue weighted by Crippen LogP contribution is 2.30. The van der Waals surface area contributed by atoms with Crippen molar-refractivity contribution >= 4 is 5.78 Å². The molecule has 0 bridgehead atoms. The number of alkyl halides is 3. The zero-order chi connectivity index (χ0) is 19.4. The van der Waals surface area contributed by atoms with E-state index in [4.69, 9.17) is 4.74 Å². The SMILES string of the molecule is O=C(c1cnc(OCc2ccc(F)cc2)nc1)c1cccc(C(F)(F)F)c1. The third-order valence-electron chi connectivity index (χ3n) is 3.62. The molecule has 3 rings (SSSR count). The highest BCUT2D eigenvalue weighted by Gasteiger charge is 2.31. The van der Waals surface area contributed by atoms with E-state index >= 15 is 0 Å². The summed E-state index contributed by atoms with van der Waals surface area (Å²) in [5.41, 5.74) is -0.297. The summed E-state index contributed by atoms with van der Waals surface area (Å²) in [7, 11) is 0. The summed E-state index contributed by atoms with van der Waals surface area (Å²) in [6.45, 7) is 0.0984. The Hall–Kier alpha value is -3.29. The van der Waals surface area contributed by atoms with E-state index < -0.39 is 17.5 Å². The van der Waals surface area contributed by atoms with Gasteiger partial charge >= 0.3 is 12.2 Å². The lowest BCUT2D eigenvalue weighted by Crippen LogP contribution is -2.09. The second kappa shape index (κ2) is 7.53. The Morgan fingerprint density at radius 2 is 1.63 bits per heavy atom. The molecule has 0 fully saturated rings. The molecule has 0 spiro atoms. The van der Waals surface area contributed by atoms with Gasteiger partial charge in [0.1, 0.15) is 12.4 Å². The number of benzene rings is 2. The Labute approximate surface area is 151 Å². The Balaban J connectivity index is 1.69. The number of nitrogens with zero attached hydrogens (tertiary/aromatic N) is 2. The largest absolute Gasteiger partial charge is 0.459 e. The molecule has 0 radical (unpaired) electrons. The van der Waals surface area contributed by atoms with Gasteiger partial charge < -0.3 is 4.74 Å². The molecule has 4 nitrogen and oxygen atoms in total. The van der Waals surface area contributed by atoms with Gasteiger partial charge in [-0.1, -0.05) is 24.3 Å². The number of halogens is 4. The second-order valence-corrected chi connectivity index (χ2v) is 5.58. The second-order valence-electron chi connectivity index (χ2n) is 5.58. The van der Waals surface area contributed by atoms with Crippen LogP contribution in [0, 0.1) is 5.82 Å². The number of rotatable bonds is 5. The predicted molar refractivity (Wildman–Crippen MR) is 87.6 cm³/mol. The molecule has 0 atom stereocenters. The zero-order valence-corrected chi connectivity index (χ0v) is 13.7. The van der Waals surface area contributed by atoms with Gasteiger partial charge in [0.2, 0.25) is 0 Å². The summed E-state index contributed by atoms with van der Waals surface area (Å²) in [5, 5.41) is 0. The molecule has 1 heterocycles. The van der Waals surface area contributed by atoms with Crippen LogP contribution in [0.15, 0.2) is 60.9 Å². The summed E-state index contributed by atoms with van der Waals surface area (Å²) >= 11 is 0. The van der Waals surface area contributed by atoms with Crippen LogP contribution in [0.2, 0.25) is 0 Å². The van der Waals surface area contributed by atoms with Crippen LogP contribution in [-0.4, -0.2) is 15.8 Å². The molecule has 0 unspecified atom stereocenters. The Morgan fingerprint density at radius 1 is 0.963 bits per heavy atom. The average Bonchev–Trinajstić information content (AvgIpc) is 2.67. The monoisotopic (exact) mass is 376 g/mol. The third kappa shape index (κ3) is 4.66. The van der Waals surface area contributed by atoms with E-state index in [0.29, 0.717) is 5.56 Å².